The summed E-state index contributed by atoms with van der Waals surface area (Å²) in [5, 5.41) is 0. The molecule has 1 rings (SSSR count). The number of aryl methyl sites for hydroxylation is 2. The first-order chi connectivity index (χ1) is 7.02. The maximum atomic E-state index is 3.75. The lowest BCUT2D eigenvalue weighted by molar-refractivity contribution is 0.580. The van der Waals surface area contributed by atoms with E-state index in [4.69, 9.17) is 0 Å². The summed E-state index contributed by atoms with van der Waals surface area (Å²) in [5.74, 6) is 0.717. The van der Waals surface area contributed by atoms with Crippen LogP contribution < -0.4 is 0 Å². The zero-order chi connectivity index (χ0) is 11.4. The third kappa shape index (κ3) is 3.64. The molecule has 1 aromatic rings. The molecule has 0 N–H and O–H groups in total. The Morgan fingerprint density at radius 3 is 2.13 bits per heavy atom. The number of rotatable bonds is 4. The van der Waals surface area contributed by atoms with Gasteiger partial charge in [0, 0.05) is 4.83 Å². The SMILES string of the molecule is Cc1cccc(C)c1CCC(Br)C(C)C. The zero-order valence-corrected chi connectivity index (χ0v) is 11.8. The van der Waals surface area contributed by atoms with Crippen molar-refractivity contribution in [2.75, 3.05) is 0 Å². The van der Waals surface area contributed by atoms with E-state index in [0.29, 0.717) is 10.7 Å². The van der Waals surface area contributed by atoms with E-state index in [1.165, 1.54) is 29.5 Å². The van der Waals surface area contributed by atoms with E-state index in [2.05, 4.69) is 61.8 Å². The molecule has 0 nitrogen and oxygen atoms in total. The lowest BCUT2D eigenvalue weighted by Crippen LogP contribution is -2.09. The topological polar surface area (TPSA) is 0 Å². The van der Waals surface area contributed by atoms with Crippen molar-refractivity contribution in [3.05, 3.63) is 34.9 Å². The molecule has 1 atom stereocenters. The Morgan fingerprint density at radius 1 is 1.13 bits per heavy atom. The van der Waals surface area contributed by atoms with Gasteiger partial charge in [-0.25, -0.2) is 0 Å². The Balaban J connectivity index is 2.65. The molecule has 0 fully saturated rings. The van der Waals surface area contributed by atoms with Gasteiger partial charge >= 0.3 is 0 Å². The molecule has 0 aliphatic heterocycles. The molecule has 84 valence electrons. The molecule has 0 heterocycles. The summed E-state index contributed by atoms with van der Waals surface area (Å²) in [6.07, 6.45) is 2.41. The minimum atomic E-state index is 0.636. The van der Waals surface area contributed by atoms with Crippen LogP contribution in [0.1, 0.15) is 37.0 Å². The fraction of sp³-hybridized carbons (Fsp3) is 0.571. The van der Waals surface area contributed by atoms with Gasteiger partial charge in [-0.05, 0) is 49.3 Å². The fourth-order valence-corrected chi connectivity index (χ4v) is 2.09. The molecule has 0 aliphatic carbocycles. The van der Waals surface area contributed by atoms with Crippen LogP contribution in [0.15, 0.2) is 18.2 Å². The first kappa shape index (κ1) is 12.8. The Hall–Kier alpha value is -0.300. The summed E-state index contributed by atoms with van der Waals surface area (Å²) in [7, 11) is 0. The van der Waals surface area contributed by atoms with E-state index in [0.717, 1.165) is 0 Å². The molecule has 0 bridgehead atoms. The van der Waals surface area contributed by atoms with Crippen LogP contribution in [-0.2, 0) is 6.42 Å². The van der Waals surface area contributed by atoms with E-state index >= 15 is 0 Å². The molecular weight excluding hydrogens is 248 g/mol. The van der Waals surface area contributed by atoms with Gasteiger partial charge in [-0.1, -0.05) is 48.0 Å². The molecule has 0 saturated heterocycles. The average Bonchev–Trinajstić information content (AvgIpc) is 2.16. The summed E-state index contributed by atoms with van der Waals surface area (Å²) >= 11 is 3.75. The van der Waals surface area contributed by atoms with Crippen molar-refractivity contribution in [3.63, 3.8) is 0 Å². The summed E-state index contributed by atoms with van der Waals surface area (Å²) < 4.78 is 0. The summed E-state index contributed by atoms with van der Waals surface area (Å²) in [5.41, 5.74) is 4.39. The second-order valence-electron chi connectivity index (χ2n) is 4.67. The minimum Gasteiger partial charge on any atom is -0.0888 e. The van der Waals surface area contributed by atoms with Crippen LogP contribution in [0.2, 0.25) is 0 Å². The Kier molecular flexibility index (Phi) is 4.85. The molecule has 1 aromatic carbocycles. The number of hydrogen-bond donors (Lipinski definition) is 0. The number of alkyl halides is 1. The highest BCUT2D eigenvalue weighted by Gasteiger charge is 2.10. The average molecular weight is 269 g/mol. The molecule has 1 unspecified atom stereocenters. The first-order valence-corrected chi connectivity index (χ1v) is 6.63. The van der Waals surface area contributed by atoms with Crippen molar-refractivity contribution in [3.8, 4) is 0 Å². The quantitative estimate of drug-likeness (QED) is 0.697. The summed E-state index contributed by atoms with van der Waals surface area (Å²) in [6.45, 7) is 8.95. The van der Waals surface area contributed by atoms with E-state index in [9.17, 15) is 0 Å². The predicted octanol–water partition coefficient (Wildman–Crippen LogP) is 4.66. The van der Waals surface area contributed by atoms with Gasteiger partial charge in [-0.3, -0.25) is 0 Å². The molecule has 0 radical (unpaired) electrons. The highest BCUT2D eigenvalue weighted by Crippen LogP contribution is 2.21. The van der Waals surface area contributed by atoms with Crippen LogP contribution in [0.3, 0.4) is 0 Å². The van der Waals surface area contributed by atoms with Crippen LogP contribution in [0.5, 0.6) is 0 Å². The molecular formula is C14H21Br. The maximum absolute atomic E-state index is 3.75. The minimum absolute atomic E-state index is 0.636. The number of halogens is 1. The summed E-state index contributed by atoms with van der Waals surface area (Å²) in [4.78, 5) is 0.636. The molecule has 0 amide bonds. The van der Waals surface area contributed by atoms with E-state index in [1.54, 1.807) is 0 Å². The van der Waals surface area contributed by atoms with Crippen molar-refractivity contribution in [2.24, 2.45) is 5.92 Å². The van der Waals surface area contributed by atoms with Crippen molar-refractivity contribution in [1.82, 2.24) is 0 Å². The van der Waals surface area contributed by atoms with Crippen LogP contribution in [0.25, 0.3) is 0 Å². The third-order valence-corrected chi connectivity index (χ3v) is 4.55. The van der Waals surface area contributed by atoms with Gasteiger partial charge in [0.2, 0.25) is 0 Å². The molecule has 0 aliphatic rings. The normalized spacial score (nSPS) is 13.2. The highest BCUT2D eigenvalue weighted by atomic mass is 79.9. The van der Waals surface area contributed by atoms with Crippen molar-refractivity contribution in [1.29, 1.82) is 0 Å². The molecule has 15 heavy (non-hydrogen) atoms. The molecule has 0 aromatic heterocycles. The van der Waals surface area contributed by atoms with Gasteiger partial charge in [0.15, 0.2) is 0 Å². The van der Waals surface area contributed by atoms with Crippen molar-refractivity contribution >= 4 is 15.9 Å². The molecule has 0 spiro atoms. The predicted molar refractivity (Wildman–Crippen MR) is 71.8 cm³/mol. The largest absolute Gasteiger partial charge is 0.0888 e. The van der Waals surface area contributed by atoms with Crippen molar-refractivity contribution in [2.45, 2.75) is 45.4 Å². The number of benzene rings is 1. The monoisotopic (exact) mass is 268 g/mol. The third-order valence-electron chi connectivity index (χ3n) is 3.04. The Labute approximate surface area is 102 Å². The summed E-state index contributed by atoms with van der Waals surface area (Å²) in [6, 6.07) is 6.56. The van der Waals surface area contributed by atoms with Crippen LogP contribution in [0, 0.1) is 19.8 Å². The van der Waals surface area contributed by atoms with Gasteiger partial charge in [-0.15, -0.1) is 0 Å². The lowest BCUT2D eigenvalue weighted by Gasteiger charge is -2.15. The van der Waals surface area contributed by atoms with Gasteiger partial charge in [0.05, 0.1) is 0 Å². The van der Waals surface area contributed by atoms with Crippen LogP contribution >= 0.6 is 15.9 Å². The van der Waals surface area contributed by atoms with Gasteiger partial charge in [0.25, 0.3) is 0 Å². The Morgan fingerprint density at radius 2 is 1.67 bits per heavy atom. The second-order valence-corrected chi connectivity index (χ2v) is 5.85. The molecule has 0 saturated carbocycles. The van der Waals surface area contributed by atoms with E-state index < -0.39 is 0 Å². The van der Waals surface area contributed by atoms with Gasteiger partial charge in [0.1, 0.15) is 0 Å². The zero-order valence-electron chi connectivity index (χ0n) is 10.2. The Bertz CT molecular complexity index is 295. The van der Waals surface area contributed by atoms with E-state index in [-0.39, 0.29) is 0 Å². The van der Waals surface area contributed by atoms with Gasteiger partial charge in [-0.2, -0.15) is 0 Å². The number of hydrogen-bond acceptors (Lipinski definition) is 0. The van der Waals surface area contributed by atoms with Crippen LogP contribution in [0.4, 0.5) is 0 Å². The van der Waals surface area contributed by atoms with Gasteiger partial charge < -0.3 is 0 Å². The fourth-order valence-electron chi connectivity index (χ4n) is 1.86. The second kappa shape index (κ2) is 5.69. The standard InChI is InChI=1S/C14H21Br/c1-10(2)14(15)9-8-13-11(3)6-5-7-12(13)4/h5-7,10,14H,8-9H2,1-4H3. The smallest absolute Gasteiger partial charge is 0.0172 e. The van der Waals surface area contributed by atoms with Crippen molar-refractivity contribution < 1.29 is 0 Å². The molecule has 1 heteroatoms. The lowest BCUT2D eigenvalue weighted by atomic mass is 9.96. The highest BCUT2D eigenvalue weighted by molar-refractivity contribution is 9.09. The van der Waals surface area contributed by atoms with E-state index in [1.807, 2.05) is 0 Å². The first-order valence-electron chi connectivity index (χ1n) is 5.71. The maximum Gasteiger partial charge on any atom is 0.0172 e. The van der Waals surface area contributed by atoms with Crippen LogP contribution in [-0.4, -0.2) is 4.83 Å².